The molecule has 4 aromatic rings. The number of ether oxygens (including phenoxy) is 2. The molecule has 0 N–H and O–H groups in total. The van der Waals surface area contributed by atoms with Crippen molar-refractivity contribution in [2.75, 3.05) is 13.2 Å². The molecule has 1 heterocycles. The second-order valence-electron chi connectivity index (χ2n) is 8.92. The van der Waals surface area contributed by atoms with E-state index in [2.05, 4.69) is 36.3 Å². The van der Waals surface area contributed by atoms with Crippen LogP contribution in [0.1, 0.15) is 36.1 Å². The van der Waals surface area contributed by atoms with Crippen molar-refractivity contribution < 1.29 is 19.1 Å². The molecule has 0 aliphatic carbocycles. The normalized spacial score (nSPS) is 14.9. The first kappa shape index (κ1) is 24.3. The third-order valence-corrected chi connectivity index (χ3v) is 6.48. The van der Waals surface area contributed by atoms with Crippen LogP contribution in [-0.4, -0.2) is 35.8 Å². The molecule has 1 unspecified atom stereocenters. The van der Waals surface area contributed by atoms with E-state index in [1.54, 1.807) is 0 Å². The second-order valence-corrected chi connectivity index (χ2v) is 8.92. The van der Waals surface area contributed by atoms with Gasteiger partial charge in [0.25, 0.3) is 5.91 Å². The predicted molar refractivity (Wildman–Crippen MR) is 143 cm³/mol. The van der Waals surface area contributed by atoms with Gasteiger partial charge < -0.3 is 9.47 Å². The maximum atomic E-state index is 13.2. The monoisotopic (exact) mass is 492 g/mol. The molecule has 4 aromatic carbocycles. The Hall–Kier alpha value is -4.45. The van der Waals surface area contributed by atoms with Crippen LogP contribution in [0.2, 0.25) is 0 Å². The number of amides is 1. The molecular formula is C31H28N2O4. The van der Waals surface area contributed by atoms with E-state index in [0.717, 1.165) is 34.0 Å². The van der Waals surface area contributed by atoms with Gasteiger partial charge in [0.1, 0.15) is 5.75 Å². The lowest BCUT2D eigenvalue weighted by atomic mass is 9.97. The number of hydrogen-bond acceptors (Lipinski definition) is 5. The first-order chi connectivity index (χ1) is 18.1. The average molecular weight is 493 g/mol. The molecule has 0 bridgehead atoms. The van der Waals surface area contributed by atoms with E-state index in [0.29, 0.717) is 12.2 Å². The summed E-state index contributed by atoms with van der Waals surface area (Å²) < 4.78 is 10.7. The van der Waals surface area contributed by atoms with Crippen LogP contribution in [0.3, 0.4) is 0 Å². The van der Waals surface area contributed by atoms with E-state index in [-0.39, 0.29) is 18.6 Å². The van der Waals surface area contributed by atoms with Gasteiger partial charge in [0.2, 0.25) is 0 Å². The highest BCUT2D eigenvalue weighted by molar-refractivity contribution is 6.05. The molecule has 0 saturated carbocycles. The Bertz CT molecular complexity index is 1430. The number of carbonyl (C=O) groups excluding carboxylic acids is 2. The smallest absolute Gasteiger partial charge is 0.344 e. The molecule has 1 aliphatic rings. The van der Waals surface area contributed by atoms with Gasteiger partial charge >= 0.3 is 5.97 Å². The van der Waals surface area contributed by atoms with Crippen molar-refractivity contribution in [3.63, 3.8) is 0 Å². The number of carbonyl (C=O) groups is 2. The van der Waals surface area contributed by atoms with Crippen LogP contribution in [-0.2, 0) is 20.7 Å². The van der Waals surface area contributed by atoms with Crippen molar-refractivity contribution in [3.8, 4) is 5.75 Å². The molecule has 0 aromatic heterocycles. The van der Waals surface area contributed by atoms with Gasteiger partial charge in [-0.05, 0) is 52.1 Å². The SMILES string of the molecule is CCc1ccc(OCC(=O)OCC(=O)N2N=C(c3ccc4ccccc4c3)CC2c2ccccc2)cc1. The number of nitrogens with zero attached hydrogens (tertiary/aromatic N) is 2. The number of benzene rings is 4. The Balaban J connectivity index is 1.27. The first-order valence-corrected chi connectivity index (χ1v) is 12.4. The van der Waals surface area contributed by atoms with E-state index in [9.17, 15) is 9.59 Å². The summed E-state index contributed by atoms with van der Waals surface area (Å²) in [4.78, 5) is 25.4. The molecule has 0 radical (unpaired) electrons. The second kappa shape index (κ2) is 11.1. The topological polar surface area (TPSA) is 68.2 Å². The fraction of sp³-hybridized carbons (Fsp3) is 0.194. The van der Waals surface area contributed by atoms with Gasteiger partial charge in [0.15, 0.2) is 13.2 Å². The largest absolute Gasteiger partial charge is 0.482 e. The summed E-state index contributed by atoms with van der Waals surface area (Å²) >= 11 is 0. The average Bonchev–Trinajstić information content (AvgIpc) is 3.41. The van der Waals surface area contributed by atoms with Crippen LogP contribution in [0.25, 0.3) is 10.8 Å². The highest BCUT2D eigenvalue weighted by Gasteiger charge is 2.33. The molecule has 1 aliphatic heterocycles. The van der Waals surface area contributed by atoms with Crippen LogP contribution in [0.15, 0.2) is 102 Å². The summed E-state index contributed by atoms with van der Waals surface area (Å²) in [5, 5.41) is 8.39. The molecule has 0 spiro atoms. The molecule has 1 amide bonds. The molecule has 0 saturated heterocycles. The van der Waals surface area contributed by atoms with Crippen LogP contribution in [0.5, 0.6) is 5.75 Å². The zero-order chi connectivity index (χ0) is 25.6. The van der Waals surface area contributed by atoms with Gasteiger partial charge in [0.05, 0.1) is 11.8 Å². The Morgan fingerprint density at radius 1 is 0.865 bits per heavy atom. The summed E-state index contributed by atoms with van der Waals surface area (Å²) in [6.07, 6.45) is 1.49. The molecule has 6 heteroatoms. The van der Waals surface area contributed by atoms with Crippen molar-refractivity contribution in [1.82, 2.24) is 5.01 Å². The first-order valence-electron chi connectivity index (χ1n) is 12.4. The maximum Gasteiger partial charge on any atom is 0.344 e. The molecule has 0 fully saturated rings. The molecule has 37 heavy (non-hydrogen) atoms. The van der Waals surface area contributed by atoms with Crippen molar-refractivity contribution in [2.45, 2.75) is 25.8 Å². The zero-order valence-corrected chi connectivity index (χ0v) is 20.7. The predicted octanol–water partition coefficient (Wildman–Crippen LogP) is 5.70. The maximum absolute atomic E-state index is 13.2. The summed E-state index contributed by atoms with van der Waals surface area (Å²) in [5.74, 6) is -0.416. The molecule has 1 atom stereocenters. The minimum absolute atomic E-state index is 0.271. The van der Waals surface area contributed by atoms with Crippen LogP contribution in [0, 0.1) is 0 Å². The number of aryl methyl sites for hydroxylation is 1. The van der Waals surface area contributed by atoms with E-state index in [1.807, 2.05) is 72.8 Å². The lowest BCUT2D eigenvalue weighted by molar-refractivity contribution is -0.154. The third-order valence-electron chi connectivity index (χ3n) is 6.48. The third kappa shape index (κ3) is 5.70. The van der Waals surface area contributed by atoms with E-state index in [1.165, 1.54) is 10.6 Å². The summed E-state index contributed by atoms with van der Waals surface area (Å²) in [7, 11) is 0. The van der Waals surface area contributed by atoms with Crippen molar-refractivity contribution in [2.24, 2.45) is 5.10 Å². The van der Waals surface area contributed by atoms with Crippen molar-refractivity contribution >= 4 is 28.4 Å². The van der Waals surface area contributed by atoms with E-state index < -0.39 is 12.6 Å². The number of esters is 1. The van der Waals surface area contributed by atoms with Gasteiger partial charge in [-0.25, -0.2) is 9.80 Å². The minimum Gasteiger partial charge on any atom is -0.482 e. The number of hydrogen-bond donors (Lipinski definition) is 0. The van der Waals surface area contributed by atoms with Gasteiger partial charge in [0, 0.05) is 6.42 Å². The van der Waals surface area contributed by atoms with Gasteiger partial charge in [-0.15, -0.1) is 0 Å². The highest BCUT2D eigenvalue weighted by Crippen LogP contribution is 2.33. The van der Waals surface area contributed by atoms with Crippen molar-refractivity contribution in [1.29, 1.82) is 0 Å². The van der Waals surface area contributed by atoms with Gasteiger partial charge in [-0.3, -0.25) is 4.79 Å². The highest BCUT2D eigenvalue weighted by atomic mass is 16.6. The summed E-state index contributed by atoms with van der Waals surface area (Å²) in [5.41, 5.74) is 3.94. The quantitative estimate of drug-likeness (QED) is 0.296. The zero-order valence-electron chi connectivity index (χ0n) is 20.7. The van der Waals surface area contributed by atoms with Crippen molar-refractivity contribution in [3.05, 3.63) is 114 Å². The lowest BCUT2D eigenvalue weighted by Crippen LogP contribution is -2.32. The molecular weight excluding hydrogens is 464 g/mol. The van der Waals surface area contributed by atoms with Crippen LogP contribution >= 0.6 is 0 Å². The number of fused-ring (bicyclic) bond motifs is 1. The standard InChI is InChI=1S/C31H28N2O4/c1-2-22-12-16-27(17-13-22)36-21-31(35)37-20-30(34)33-29(24-9-4-3-5-10-24)19-28(32-33)26-15-14-23-8-6-7-11-25(23)18-26/h3-18,29H,2,19-21H2,1H3. The van der Waals surface area contributed by atoms with Gasteiger partial charge in [-0.1, -0.05) is 85.8 Å². The number of hydrazone groups is 1. The van der Waals surface area contributed by atoms with Crippen LogP contribution < -0.4 is 4.74 Å². The molecule has 5 rings (SSSR count). The number of rotatable bonds is 8. The Labute approximate surface area is 216 Å². The lowest BCUT2D eigenvalue weighted by Gasteiger charge is -2.21. The minimum atomic E-state index is -0.609. The molecule has 186 valence electrons. The summed E-state index contributed by atoms with van der Waals surface area (Å²) in [6, 6.07) is 31.4. The fourth-order valence-electron chi connectivity index (χ4n) is 4.43. The fourth-order valence-corrected chi connectivity index (χ4v) is 4.43. The Kier molecular flexibility index (Phi) is 7.26. The Morgan fingerprint density at radius 3 is 2.35 bits per heavy atom. The Morgan fingerprint density at radius 2 is 1.59 bits per heavy atom. The van der Waals surface area contributed by atoms with Gasteiger partial charge in [-0.2, -0.15) is 5.10 Å². The molecule has 6 nitrogen and oxygen atoms in total. The summed E-state index contributed by atoms with van der Waals surface area (Å²) in [6.45, 7) is 1.39. The van der Waals surface area contributed by atoms with E-state index in [4.69, 9.17) is 9.47 Å². The van der Waals surface area contributed by atoms with E-state index >= 15 is 0 Å². The van der Waals surface area contributed by atoms with Crippen LogP contribution in [0.4, 0.5) is 0 Å².